The third-order valence-electron chi connectivity index (χ3n) is 2.96. The Hall–Kier alpha value is -1.69. The summed E-state index contributed by atoms with van der Waals surface area (Å²) in [5.74, 6) is 5.64. The number of hydrazine groups is 1. The highest BCUT2D eigenvalue weighted by Gasteiger charge is 2.12. The first-order chi connectivity index (χ1) is 8.86. The van der Waals surface area contributed by atoms with Crippen LogP contribution in [0.25, 0.3) is 4.96 Å². The van der Waals surface area contributed by atoms with Crippen molar-refractivity contribution < 1.29 is 0 Å². The molecule has 0 saturated heterocycles. The molecular weight excluding hydrogens is 244 g/mol. The Kier molecular flexibility index (Phi) is 3.10. The molecule has 1 unspecified atom stereocenters. The molecule has 4 nitrogen and oxygen atoms in total. The van der Waals surface area contributed by atoms with E-state index in [1.165, 1.54) is 5.56 Å². The average molecular weight is 258 g/mol. The van der Waals surface area contributed by atoms with Gasteiger partial charge in [-0.2, -0.15) is 0 Å². The van der Waals surface area contributed by atoms with Gasteiger partial charge in [-0.15, -0.1) is 11.3 Å². The molecule has 3 rings (SSSR count). The van der Waals surface area contributed by atoms with Crippen molar-refractivity contribution in [2.45, 2.75) is 12.5 Å². The lowest BCUT2D eigenvalue weighted by Crippen LogP contribution is -2.29. The molecule has 1 aromatic carbocycles. The van der Waals surface area contributed by atoms with Crippen LogP contribution in [0.2, 0.25) is 0 Å². The quantitative estimate of drug-likeness (QED) is 0.557. The Labute approximate surface area is 109 Å². The summed E-state index contributed by atoms with van der Waals surface area (Å²) in [6, 6.07) is 10.3. The van der Waals surface area contributed by atoms with Gasteiger partial charge in [0, 0.05) is 24.2 Å². The van der Waals surface area contributed by atoms with Crippen LogP contribution in [0.4, 0.5) is 0 Å². The van der Waals surface area contributed by atoms with E-state index in [2.05, 4.69) is 28.7 Å². The highest BCUT2D eigenvalue weighted by molar-refractivity contribution is 7.15. The number of nitrogens with two attached hydrogens (primary N) is 1. The summed E-state index contributed by atoms with van der Waals surface area (Å²) in [6.45, 7) is 0. The predicted molar refractivity (Wildman–Crippen MR) is 73.3 cm³/mol. The summed E-state index contributed by atoms with van der Waals surface area (Å²) in [6.07, 6.45) is 4.86. The fourth-order valence-corrected chi connectivity index (χ4v) is 2.76. The molecule has 0 aliphatic rings. The van der Waals surface area contributed by atoms with Gasteiger partial charge in [-0.25, -0.2) is 4.98 Å². The lowest BCUT2D eigenvalue weighted by molar-refractivity contribution is 0.547. The Bertz CT molecular complexity index is 600. The second-order valence-electron chi connectivity index (χ2n) is 4.16. The van der Waals surface area contributed by atoms with Crippen LogP contribution in [-0.4, -0.2) is 9.38 Å². The maximum absolute atomic E-state index is 5.64. The lowest BCUT2D eigenvalue weighted by atomic mass is 10.0. The van der Waals surface area contributed by atoms with E-state index in [9.17, 15) is 0 Å². The van der Waals surface area contributed by atoms with Crippen LogP contribution in [0.3, 0.4) is 0 Å². The number of hydrogen-bond acceptors (Lipinski definition) is 4. The SMILES string of the molecule is NNC(Cc1cn2ccsc2n1)c1ccccc1. The largest absolute Gasteiger partial charge is 0.297 e. The Morgan fingerprint density at radius 3 is 2.89 bits per heavy atom. The molecule has 5 heteroatoms. The molecule has 18 heavy (non-hydrogen) atoms. The second-order valence-corrected chi connectivity index (χ2v) is 5.03. The normalized spacial score (nSPS) is 12.9. The molecule has 0 aliphatic carbocycles. The van der Waals surface area contributed by atoms with Crippen LogP contribution in [0.1, 0.15) is 17.3 Å². The van der Waals surface area contributed by atoms with Gasteiger partial charge in [0.1, 0.15) is 0 Å². The van der Waals surface area contributed by atoms with Crippen molar-refractivity contribution in [3.63, 3.8) is 0 Å². The molecule has 3 N–H and O–H groups in total. The van der Waals surface area contributed by atoms with E-state index in [-0.39, 0.29) is 6.04 Å². The number of benzene rings is 1. The van der Waals surface area contributed by atoms with Gasteiger partial charge in [-0.3, -0.25) is 15.7 Å². The number of nitrogens with one attached hydrogen (secondary N) is 1. The predicted octanol–water partition coefficient (Wildman–Crippen LogP) is 2.14. The smallest absolute Gasteiger partial charge is 0.193 e. The minimum atomic E-state index is 0.0933. The minimum Gasteiger partial charge on any atom is -0.297 e. The zero-order valence-corrected chi connectivity index (χ0v) is 10.6. The summed E-state index contributed by atoms with van der Waals surface area (Å²) in [4.78, 5) is 5.59. The number of nitrogens with zero attached hydrogens (tertiary/aromatic N) is 2. The summed E-state index contributed by atoms with van der Waals surface area (Å²) in [5.41, 5.74) is 5.08. The molecule has 0 spiro atoms. The molecule has 0 aliphatic heterocycles. The Balaban J connectivity index is 1.84. The minimum absolute atomic E-state index is 0.0933. The van der Waals surface area contributed by atoms with Gasteiger partial charge in [-0.05, 0) is 5.56 Å². The van der Waals surface area contributed by atoms with Gasteiger partial charge in [0.15, 0.2) is 4.96 Å². The highest BCUT2D eigenvalue weighted by Crippen LogP contribution is 2.19. The van der Waals surface area contributed by atoms with Crippen molar-refractivity contribution in [3.8, 4) is 0 Å². The molecule has 1 atom stereocenters. The van der Waals surface area contributed by atoms with Crippen LogP contribution in [0.15, 0.2) is 48.1 Å². The molecule has 0 bridgehead atoms. The van der Waals surface area contributed by atoms with Gasteiger partial charge in [-0.1, -0.05) is 30.3 Å². The highest BCUT2D eigenvalue weighted by atomic mass is 32.1. The molecule has 2 aromatic heterocycles. The summed E-state index contributed by atoms with van der Waals surface area (Å²) in [5, 5.41) is 2.03. The molecule has 0 saturated carbocycles. The summed E-state index contributed by atoms with van der Waals surface area (Å²) < 4.78 is 2.04. The van der Waals surface area contributed by atoms with E-state index in [0.29, 0.717) is 0 Å². The topological polar surface area (TPSA) is 55.3 Å². The van der Waals surface area contributed by atoms with Crippen LogP contribution in [0.5, 0.6) is 0 Å². The average Bonchev–Trinajstić information content (AvgIpc) is 2.97. The van der Waals surface area contributed by atoms with E-state index in [1.807, 2.05) is 34.2 Å². The zero-order chi connectivity index (χ0) is 12.4. The van der Waals surface area contributed by atoms with Gasteiger partial charge in [0.05, 0.1) is 11.7 Å². The number of fused-ring (bicyclic) bond motifs is 1. The third-order valence-corrected chi connectivity index (χ3v) is 3.73. The first-order valence-electron chi connectivity index (χ1n) is 5.79. The molecule has 0 radical (unpaired) electrons. The van der Waals surface area contributed by atoms with E-state index < -0.39 is 0 Å². The standard InChI is InChI=1S/C13H14N4S/c14-16-12(10-4-2-1-3-5-10)8-11-9-17-6-7-18-13(17)15-11/h1-7,9,12,16H,8,14H2. The van der Waals surface area contributed by atoms with Crippen molar-refractivity contribution in [1.82, 2.24) is 14.8 Å². The first-order valence-corrected chi connectivity index (χ1v) is 6.67. The van der Waals surface area contributed by atoms with Gasteiger partial charge in [0.25, 0.3) is 0 Å². The van der Waals surface area contributed by atoms with Crippen LogP contribution >= 0.6 is 11.3 Å². The van der Waals surface area contributed by atoms with Gasteiger partial charge in [0.2, 0.25) is 0 Å². The van der Waals surface area contributed by atoms with Crippen LogP contribution in [0, 0.1) is 0 Å². The fraction of sp³-hybridized carbons (Fsp3) is 0.154. The van der Waals surface area contributed by atoms with Crippen molar-refractivity contribution in [1.29, 1.82) is 0 Å². The molecule has 0 amide bonds. The van der Waals surface area contributed by atoms with E-state index in [0.717, 1.165) is 17.1 Å². The lowest BCUT2D eigenvalue weighted by Gasteiger charge is -2.14. The number of thiazole rings is 1. The molecular formula is C13H14N4S. The van der Waals surface area contributed by atoms with Crippen LogP contribution < -0.4 is 11.3 Å². The van der Waals surface area contributed by atoms with Crippen LogP contribution in [-0.2, 0) is 6.42 Å². The van der Waals surface area contributed by atoms with E-state index in [1.54, 1.807) is 11.3 Å². The zero-order valence-electron chi connectivity index (χ0n) is 9.78. The fourth-order valence-electron chi connectivity index (χ4n) is 2.04. The second kappa shape index (κ2) is 4.89. The van der Waals surface area contributed by atoms with Crippen molar-refractivity contribution in [3.05, 3.63) is 59.4 Å². The molecule has 3 aromatic rings. The summed E-state index contributed by atoms with van der Waals surface area (Å²) >= 11 is 1.64. The maximum Gasteiger partial charge on any atom is 0.193 e. The van der Waals surface area contributed by atoms with Gasteiger partial charge >= 0.3 is 0 Å². The van der Waals surface area contributed by atoms with Crippen molar-refractivity contribution >= 4 is 16.3 Å². The Morgan fingerprint density at radius 1 is 1.33 bits per heavy atom. The molecule has 92 valence electrons. The third kappa shape index (κ3) is 2.15. The monoisotopic (exact) mass is 258 g/mol. The number of rotatable bonds is 4. The maximum atomic E-state index is 5.64. The summed E-state index contributed by atoms with van der Waals surface area (Å²) in [7, 11) is 0. The van der Waals surface area contributed by atoms with Crippen molar-refractivity contribution in [2.24, 2.45) is 5.84 Å². The van der Waals surface area contributed by atoms with E-state index >= 15 is 0 Å². The number of aromatic nitrogens is 2. The number of imidazole rings is 1. The molecule has 0 fully saturated rings. The Morgan fingerprint density at radius 2 is 2.17 bits per heavy atom. The first kappa shape index (κ1) is 11.4. The van der Waals surface area contributed by atoms with E-state index in [4.69, 9.17) is 5.84 Å². The molecule has 2 heterocycles. The number of hydrogen-bond donors (Lipinski definition) is 2. The van der Waals surface area contributed by atoms with Crippen molar-refractivity contribution in [2.75, 3.05) is 0 Å². The van der Waals surface area contributed by atoms with Gasteiger partial charge < -0.3 is 0 Å².